The minimum atomic E-state index is -0.508. The molecule has 1 heterocycles. The smallest absolute Gasteiger partial charge is 0.256 e. The number of likely N-dealkylation sites (tertiary alicyclic amines) is 1. The van der Waals surface area contributed by atoms with Gasteiger partial charge in [0.2, 0.25) is 0 Å². The molecule has 3 nitrogen and oxygen atoms in total. The zero-order valence-electron chi connectivity index (χ0n) is 11.0. The van der Waals surface area contributed by atoms with Gasteiger partial charge in [0.15, 0.2) is 0 Å². The third kappa shape index (κ3) is 3.45. The van der Waals surface area contributed by atoms with Gasteiger partial charge >= 0.3 is 0 Å². The topological polar surface area (TPSA) is 32.3 Å². The number of piperidine rings is 1. The van der Waals surface area contributed by atoms with E-state index < -0.39 is 5.82 Å². The number of carbonyl (C=O) groups excluding carboxylic acids is 1. The van der Waals surface area contributed by atoms with Crippen molar-refractivity contribution in [2.75, 3.05) is 26.7 Å². The third-order valence-corrected chi connectivity index (χ3v) is 3.79. The van der Waals surface area contributed by atoms with Gasteiger partial charge in [-0.05, 0) is 50.6 Å². The lowest BCUT2D eigenvalue weighted by Crippen LogP contribution is -2.40. The van der Waals surface area contributed by atoms with Crippen LogP contribution in [-0.2, 0) is 0 Å². The first-order valence-electron chi connectivity index (χ1n) is 6.50. The largest absolute Gasteiger partial charge is 0.339 e. The van der Waals surface area contributed by atoms with Crippen LogP contribution < -0.4 is 5.32 Å². The van der Waals surface area contributed by atoms with Crippen LogP contribution in [0.3, 0.4) is 0 Å². The first kappa shape index (κ1) is 14.3. The van der Waals surface area contributed by atoms with Crippen molar-refractivity contribution in [2.24, 2.45) is 5.92 Å². The highest BCUT2D eigenvalue weighted by Crippen LogP contribution is 2.21. The van der Waals surface area contributed by atoms with Gasteiger partial charge in [0.25, 0.3) is 5.91 Å². The zero-order valence-corrected chi connectivity index (χ0v) is 11.7. The van der Waals surface area contributed by atoms with E-state index in [2.05, 4.69) is 5.32 Å². The molecule has 0 unspecified atom stereocenters. The number of carbonyl (C=O) groups is 1. The average molecular weight is 285 g/mol. The fourth-order valence-electron chi connectivity index (χ4n) is 2.46. The molecule has 1 aliphatic rings. The second-order valence-corrected chi connectivity index (χ2v) is 5.35. The van der Waals surface area contributed by atoms with Crippen LogP contribution in [0.15, 0.2) is 18.2 Å². The second-order valence-electron chi connectivity index (χ2n) is 4.92. The van der Waals surface area contributed by atoms with E-state index in [0.717, 1.165) is 19.4 Å². The average Bonchev–Trinajstić information content (AvgIpc) is 2.42. The number of nitrogens with zero attached hydrogens (tertiary/aromatic N) is 1. The number of amides is 1. The highest BCUT2D eigenvalue weighted by molar-refractivity contribution is 6.31. The molecule has 0 atom stereocenters. The molecule has 0 aliphatic carbocycles. The molecule has 1 aromatic rings. The van der Waals surface area contributed by atoms with Crippen molar-refractivity contribution in [2.45, 2.75) is 12.8 Å². The first-order chi connectivity index (χ1) is 9.11. The quantitative estimate of drug-likeness (QED) is 0.925. The Morgan fingerprint density at radius 1 is 1.47 bits per heavy atom. The van der Waals surface area contributed by atoms with Gasteiger partial charge in [0, 0.05) is 18.1 Å². The van der Waals surface area contributed by atoms with Crippen molar-refractivity contribution in [3.8, 4) is 0 Å². The molecule has 0 radical (unpaired) electrons. The molecule has 5 heteroatoms. The molecule has 1 aliphatic heterocycles. The lowest BCUT2D eigenvalue weighted by atomic mass is 9.96. The van der Waals surface area contributed by atoms with E-state index in [1.54, 1.807) is 4.90 Å². The Balaban J connectivity index is 2.03. The fraction of sp³-hybridized carbons (Fsp3) is 0.500. The highest BCUT2D eigenvalue weighted by atomic mass is 35.5. The predicted octanol–water partition coefficient (Wildman–Crippen LogP) is 2.55. The summed E-state index contributed by atoms with van der Waals surface area (Å²) in [6.07, 6.45) is 1.91. The number of hydrogen-bond donors (Lipinski definition) is 1. The van der Waals surface area contributed by atoms with Crippen LogP contribution in [0.2, 0.25) is 5.02 Å². The Morgan fingerprint density at radius 3 is 2.79 bits per heavy atom. The van der Waals surface area contributed by atoms with E-state index in [9.17, 15) is 9.18 Å². The van der Waals surface area contributed by atoms with E-state index in [4.69, 9.17) is 11.6 Å². The molecule has 0 saturated carbocycles. The Hall–Kier alpha value is -1.13. The summed E-state index contributed by atoms with van der Waals surface area (Å²) in [6, 6.07) is 4.09. The first-order valence-corrected chi connectivity index (χ1v) is 6.88. The Kier molecular flexibility index (Phi) is 4.77. The van der Waals surface area contributed by atoms with Gasteiger partial charge in [-0.15, -0.1) is 0 Å². The third-order valence-electron chi connectivity index (χ3n) is 3.55. The van der Waals surface area contributed by atoms with Gasteiger partial charge in [-0.2, -0.15) is 0 Å². The van der Waals surface area contributed by atoms with E-state index in [1.807, 2.05) is 7.05 Å². The zero-order chi connectivity index (χ0) is 13.8. The van der Waals surface area contributed by atoms with Crippen molar-refractivity contribution in [3.63, 3.8) is 0 Å². The normalized spacial score (nSPS) is 16.7. The number of hydrogen-bond acceptors (Lipinski definition) is 2. The van der Waals surface area contributed by atoms with Crippen molar-refractivity contribution in [1.29, 1.82) is 0 Å². The molecular formula is C14H18ClFN2O. The van der Waals surface area contributed by atoms with Crippen LogP contribution in [0.1, 0.15) is 23.2 Å². The molecule has 0 aromatic heterocycles. The second kappa shape index (κ2) is 6.35. The fourth-order valence-corrected chi connectivity index (χ4v) is 2.63. The van der Waals surface area contributed by atoms with Crippen molar-refractivity contribution in [3.05, 3.63) is 34.6 Å². The number of nitrogens with one attached hydrogen (secondary N) is 1. The Bertz CT molecular complexity index is 459. The summed E-state index contributed by atoms with van der Waals surface area (Å²) in [5.41, 5.74) is 0.0690. The van der Waals surface area contributed by atoms with Gasteiger partial charge in [-0.25, -0.2) is 4.39 Å². The Labute approximate surface area is 117 Å². The van der Waals surface area contributed by atoms with Gasteiger partial charge in [0.05, 0.1) is 5.56 Å². The molecule has 1 saturated heterocycles. The summed E-state index contributed by atoms with van der Waals surface area (Å²) < 4.78 is 13.7. The number of rotatable bonds is 3. The van der Waals surface area contributed by atoms with Crippen LogP contribution >= 0.6 is 11.6 Å². The SMILES string of the molecule is CNCC1CCN(C(=O)c2cc(Cl)ccc2F)CC1. The van der Waals surface area contributed by atoms with Crippen molar-refractivity contribution in [1.82, 2.24) is 10.2 Å². The summed E-state index contributed by atoms with van der Waals surface area (Å²) >= 11 is 5.82. The molecule has 2 rings (SSSR count). The highest BCUT2D eigenvalue weighted by Gasteiger charge is 2.25. The number of halogens is 2. The summed E-state index contributed by atoms with van der Waals surface area (Å²) in [6.45, 7) is 2.32. The molecule has 104 valence electrons. The molecule has 1 N–H and O–H groups in total. The van der Waals surface area contributed by atoms with Crippen LogP contribution in [0.5, 0.6) is 0 Å². The lowest BCUT2D eigenvalue weighted by molar-refractivity contribution is 0.0686. The van der Waals surface area contributed by atoms with Gasteiger partial charge < -0.3 is 10.2 Å². The molecule has 1 aromatic carbocycles. The maximum atomic E-state index is 13.7. The molecule has 1 amide bonds. The molecule has 0 bridgehead atoms. The monoisotopic (exact) mass is 284 g/mol. The van der Waals surface area contributed by atoms with Gasteiger partial charge in [0.1, 0.15) is 5.82 Å². The van der Waals surface area contributed by atoms with E-state index in [-0.39, 0.29) is 11.5 Å². The minimum Gasteiger partial charge on any atom is -0.339 e. The Morgan fingerprint density at radius 2 is 2.16 bits per heavy atom. The van der Waals surface area contributed by atoms with Crippen molar-refractivity contribution >= 4 is 17.5 Å². The van der Waals surface area contributed by atoms with Crippen LogP contribution in [0.25, 0.3) is 0 Å². The van der Waals surface area contributed by atoms with Crippen LogP contribution in [0, 0.1) is 11.7 Å². The molecular weight excluding hydrogens is 267 g/mol. The standard InChI is InChI=1S/C14H18ClFN2O/c1-17-9-10-4-6-18(7-5-10)14(19)12-8-11(15)2-3-13(12)16/h2-3,8,10,17H,4-7,9H2,1H3. The van der Waals surface area contributed by atoms with E-state index >= 15 is 0 Å². The number of benzene rings is 1. The maximum Gasteiger partial charge on any atom is 0.256 e. The summed E-state index contributed by atoms with van der Waals surface area (Å²) in [7, 11) is 1.93. The molecule has 1 fully saturated rings. The summed E-state index contributed by atoms with van der Waals surface area (Å²) in [4.78, 5) is 14.0. The molecule has 19 heavy (non-hydrogen) atoms. The minimum absolute atomic E-state index is 0.0690. The van der Waals surface area contributed by atoms with Gasteiger partial charge in [-0.1, -0.05) is 11.6 Å². The molecule has 0 spiro atoms. The summed E-state index contributed by atoms with van der Waals surface area (Å²) in [5.74, 6) is -0.173. The lowest BCUT2D eigenvalue weighted by Gasteiger charge is -2.32. The van der Waals surface area contributed by atoms with Crippen molar-refractivity contribution < 1.29 is 9.18 Å². The van der Waals surface area contributed by atoms with Gasteiger partial charge in [-0.3, -0.25) is 4.79 Å². The maximum absolute atomic E-state index is 13.7. The van der Waals surface area contributed by atoms with E-state index in [1.165, 1.54) is 18.2 Å². The predicted molar refractivity (Wildman–Crippen MR) is 74.0 cm³/mol. The van der Waals surface area contributed by atoms with Crippen LogP contribution in [-0.4, -0.2) is 37.5 Å². The summed E-state index contributed by atoms with van der Waals surface area (Å²) in [5, 5.41) is 3.53. The van der Waals surface area contributed by atoms with E-state index in [0.29, 0.717) is 24.0 Å². The van der Waals surface area contributed by atoms with Crippen LogP contribution in [0.4, 0.5) is 4.39 Å².